The van der Waals surface area contributed by atoms with E-state index in [0.29, 0.717) is 38.7 Å². The quantitative estimate of drug-likeness (QED) is 0.659. The third-order valence-electron chi connectivity index (χ3n) is 4.75. The van der Waals surface area contributed by atoms with Gasteiger partial charge in [0.25, 0.3) is 5.91 Å². The van der Waals surface area contributed by atoms with Crippen LogP contribution in [0, 0.1) is 0 Å². The second-order valence-corrected chi connectivity index (χ2v) is 7.22. The van der Waals surface area contributed by atoms with Crippen LogP contribution in [0.15, 0.2) is 39.9 Å². The van der Waals surface area contributed by atoms with E-state index in [1.807, 2.05) is 19.0 Å². The minimum absolute atomic E-state index is 0.316. The first-order valence-corrected chi connectivity index (χ1v) is 9.09. The molecule has 152 valence electrons. The third-order valence-corrected chi connectivity index (χ3v) is 4.98. The molecular formula is C20H21ClN4O4. The van der Waals surface area contributed by atoms with Crippen molar-refractivity contribution in [3.05, 3.63) is 61.6 Å². The fourth-order valence-electron chi connectivity index (χ4n) is 3.12. The van der Waals surface area contributed by atoms with Crippen molar-refractivity contribution < 1.29 is 9.53 Å². The average molecular weight is 417 g/mol. The molecule has 29 heavy (non-hydrogen) atoms. The van der Waals surface area contributed by atoms with Gasteiger partial charge in [-0.15, -0.1) is 0 Å². The highest BCUT2D eigenvalue weighted by molar-refractivity contribution is 6.31. The van der Waals surface area contributed by atoms with E-state index in [1.54, 1.807) is 37.4 Å². The molecule has 1 N–H and O–H groups in total. The maximum Gasteiger partial charge on any atom is 0.316 e. The van der Waals surface area contributed by atoms with E-state index in [9.17, 15) is 14.4 Å². The summed E-state index contributed by atoms with van der Waals surface area (Å²) in [4.78, 5) is 39.1. The van der Waals surface area contributed by atoms with Gasteiger partial charge >= 0.3 is 11.1 Å². The molecule has 1 amide bonds. The van der Waals surface area contributed by atoms with Gasteiger partial charge in [-0.25, -0.2) is 0 Å². The van der Waals surface area contributed by atoms with Crippen LogP contribution in [0.3, 0.4) is 0 Å². The number of fused-ring (bicyclic) bond motifs is 1. The maximum atomic E-state index is 12.9. The number of carbonyl (C=O) groups excluding carboxylic acids is 1. The van der Waals surface area contributed by atoms with E-state index in [-0.39, 0.29) is 0 Å². The van der Waals surface area contributed by atoms with Crippen LogP contribution in [0.5, 0.6) is 5.75 Å². The molecule has 1 heterocycles. The molecule has 0 bridgehead atoms. The molecule has 0 saturated heterocycles. The fraction of sp³-hybridized carbons (Fsp3) is 0.250. The number of carbonyl (C=O) groups is 1. The van der Waals surface area contributed by atoms with Crippen molar-refractivity contribution in [2.75, 3.05) is 31.4 Å². The van der Waals surface area contributed by atoms with Gasteiger partial charge < -0.3 is 24.1 Å². The van der Waals surface area contributed by atoms with Crippen LogP contribution >= 0.6 is 11.6 Å². The van der Waals surface area contributed by atoms with Gasteiger partial charge in [-0.2, -0.15) is 0 Å². The summed E-state index contributed by atoms with van der Waals surface area (Å²) in [7, 11) is 8.16. The number of nitrogens with zero attached hydrogens (tertiary/aromatic N) is 3. The number of anilines is 2. The molecule has 0 radical (unpaired) electrons. The molecule has 0 unspecified atom stereocenters. The van der Waals surface area contributed by atoms with E-state index >= 15 is 0 Å². The van der Waals surface area contributed by atoms with Crippen LogP contribution in [0.4, 0.5) is 11.4 Å². The van der Waals surface area contributed by atoms with Gasteiger partial charge in [-0.3, -0.25) is 14.4 Å². The molecule has 0 saturated carbocycles. The van der Waals surface area contributed by atoms with Crippen molar-refractivity contribution in [1.82, 2.24) is 9.13 Å². The van der Waals surface area contributed by atoms with Gasteiger partial charge in [0.1, 0.15) is 5.75 Å². The average Bonchev–Trinajstić information content (AvgIpc) is 2.69. The summed E-state index contributed by atoms with van der Waals surface area (Å²) in [6.45, 7) is 0. The first kappa shape index (κ1) is 20.5. The molecule has 8 nitrogen and oxygen atoms in total. The van der Waals surface area contributed by atoms with Crippen molar-refractivity contribution in [3.63, 3.8) is 0 Å². The summed E-state index contributed by atoms with van der Waals surface area (Å²) in [5.41, 5.74) is 1.30. The predicted octanol–water partition coefficient (Wildman–Crippen LogP) is 2.22. The number of halogens is 1. The van der Waals surface area contributed by atoms with Crippen LogP contribution in [0.1, 0.15) is 10.4 Å². The van der Waals surface area contributed by atoms with E-state index in [1.165, 1.54) is 23.3 Å². The lowest BCUT2D eigenvalue weighted by atomic mass is 10.1. The number of ether oxygens (including phenoxy) is 1. The van der Waals surface area contributed by atoms with Gasteiger partial charge in [-0.1, -0.05) is 11.6 Å². The lowest BCUT2D eigenvalue weighted by molar-refractivity contribution is 0.102. The number of hydrogen-bond donors (Lipinski definition) is 1. The van der Waals surface area contributed by atoms with Gasteiger partial charge in [0.15, 0.2) is 0 Å². The van der Waals surface area contributed by atoms with Crippen LogP contribution in [0.25, 0.3) is 11.0 Å². The lowest BCUT2D eigenvalue weighted by Gasteiger charge is -2.21. The number of hydrogen-bond acceptors (Lipinski definition) is 5. The Morgan fingerprint density at radius 3 is 2.17 bits per heavy atom. The van der Waals surface area contributed by atoms with E-state index in [0.717, 1.165) is 0 Å². The Bertz CT molecular complexity index is 1240. The van der Waals surface area contributed by atoms with Crippen molar-refractivity contribution in [1.29, 1.82) is 0 Å². The van der Waals surface area contributed by atoms with Gasteiger partial charge in [0.05, 0.1) is 35.1 Å². The number of benzene rings is 2. The van der Waals surface area contributed by atoms with Crippen LogP contribution in [-0.4, -0.2) is 36.2 Å². The normalized spacial score (nSPS) is 10.8. The molecule has 0 aliphatic carbocycles. The number of amides is 1. The molecule has 3 aromatic rings. The first-order chi connectivity index (χ1) is 13.6. The molecule has 0 aliphatic heterocycles. The van der Waals surface area contributed by atoms with Crippen LogP contribution in [0.2, 0.25) is 5.02 Å². The number of aryl methyl sites for hydroxylation is 2. The summed E-state index contributed by atoms with van der Waals surface area (Å²) in [5, 5.41) is 3.32. The third kappa shape index (κ3) is 3.58. The highest BCUT2D eigenvalue weighted by Crippen LogP contribution is 2.31. The number of rotatable bonds is 4. The summed E-state index contributed by atoms with van der Waals surface area (Å²) >= 11 is 5.97. The Morgan fingerprint density at radius 2 is 1.62 bits per heavy atom. The van der Waals surface area contributed by atoms with Crippen molar-refractivity contribution >= 4 is 39.9 Å². The highest BCUT2D eigenvalue weighted by Gasteiger charge is 2.18. The largest absolute Gasteiger partial charge is 0.496 e. The topological polar surface area (TPSA) is 85.6 Å². The second-order valence-electron chi connectivity index (χ2n) is 6.78. The summed E-state index contributed by atoms with van der Waals surface area (Å²) in [5.74, 6) is -0.0484. The zero-order valence-corrected chi connectivity index (χ0v) is 17.5. The SMILES string of the molecule is COc1cc(Cl)ccc1C(=O)Nc1cc2c(cc1N(C)C)n(C)c(=O)c(=O)n2C. The summed E-state index contributed by atoms with van der Waals surface area (Å²) in [6, 6.07) is 8.16. The molecular weight excluding hydrogens is 396 g/mol. The zero-order valence-electron chi connectivity index (χ0n) is 16.7. The monoisotopic (exact) mass is 416 g/mol. The molecule has 9 heteroatoms. The second kappa shape index (κ2) is 7.63. The first-order valence-electron chi connectivity index (χ1n) is 8.71. The van der Waals surface area contributed by atoms with E-state index < -0.39 is 17.0 Å². The van der Waals surface area contributed by atoms with Crippen molar-refractivity contribution in [2.45, 2.75) is 0 Å². The Balaban J connectivity index is 2.19. The Kier molecular flexibility index (Phi) is 5.39. The summed E-state index contributed by atoms with van der Waals surface area (Å²) < 4.78 is 7.83. The van der Waals surface area contributed by atoms with Crippen molar-refractivity contribution in [2.24, 2.45) is 14.1 Å². The van der Waals surface area contributed by atoms with Gasteiger partial charge in [0.2, 0.25) is 0 Å². The number of aromatic nitrogens is 2. The van der Waals surface area contributed by atoms with Crippen molar-refractivity contribution in [3.8, 4) is 5.75 Å². The smallest absolute Gasteiger partial charge is 0.316 e. The maximum absolute atomic E-state index is 12.9. The Labute approximate surface area is 171 Å². The van der Waals surface area contributed by atoms with E-state index in [4.69, 9.17) is 16.3 Å². The molecule has 0 spiro atoms. The predicted molar refractivity (Wildman–Crippen MR) is 115 cm³/mol. The van der Waals surface area contributed by atoms with E-state index in [2.05, 4.69) is 5.32 Å². The number of methoxy groups -OCH3 is 1. The molecule has 0 aliphatic rings. The number of nitrogens with one attached hydrogen (secondary N) is 1. The minimum atomic E-state index is -0.644. The fourth-order valence-corrected chi connectivity index (χ4v) is 3.28. The molecule has 1 aromatic heterocycles. The molecule has 0 atom stereocenters. The summed E-state index contributed by atoms with van der Waals surface area (Å²) in [6.07, 6.45) is 0. The van der Waals surface area contributed by atoms with Gasteiger partial charge in [-0.05, 0) is 30.3 Å². The minimum Gasteiger partial charge on any atom is -0.496 e. The van der Waals surface area contributed by atoms with Crippen LogP contribution < -0.4 is 26.1 Å². The highest BCUT2D eigenvalue weighted by atomic mass is 35.5. The van der Waals surface area contributed by atoms with Crippen LogP contribution in [-0.2, 0) is 14.1 Å². The zero-order chi connectivity index (χ0) is 21.5. The standard InChI is InChI=1S/C20H21ClN4O4/c1-23(2)14-10-16-15(24(3)19(27)20(28)25(16)4)9-13(14)22-18(26)12-7-6-11(21)8-17(12)29-5/h6-10H,1-5H3,(H,22,26). The molecule has 2 aromatic carbocycles. The Morgan fingerprint density at radius 1 is 1.03 bits per heavy atom. The molecule has 0 fully saturated rings. The lowest BCUT2D eigenvalue weighted by Crippen LogP contribution is -2.39. The van der Waals surface area contributed by atoms with Gasteiger partial charge in [0, 0.05) is 33.2 Å². The Hall–Kier alpha value is -3.26. The molecule has 3 rings (SSSR count).